The molecule has 0 bridgehead atoms. The Morgan fingerprint density at radius 1 is 0.500 bits per heavy atom. The van der Waals surface area contributed by atoms with Gasteiger partial charge in [-0.25, -0.2) is 0 Å². The summed E-state index contributed by atoms with van der Waals surface area (Å²) in [7, 11) is 0. The van der Waals surface area contributed by atoms with Crippen LogP contribution >= 0.6 is 0 Å². The minimum Gasteiger partial charge on any atom is -0.455 e. The number of hydrogen-bond donors (Lipinski definition) is 0. The Kier molecular flexibility index (Phi) is 3.31. The quantitative estimate of drug-likeness (QED) is 0.240. The molecule has 0 spiro atoms. The topological polar surface area (TPSA) is 18.1 Å². The molecule has 1 aliphatic carbocycles. The summed E-state index contributed by atoms with van der Waals surface area (Å²) in [6.45, 7) is 0. The number of furan rings is 1. The average molecular weight is 458 g/mol. The molecule has 0 atom stereocenters. The Morgan fingerprint density at radius 2 is 1.19 bits per heavy atom. The lowest BCUT2D eigenvalue weighted by atomic mass is 9.94. The summed E-state index contributed by atoms with van der Waals surface area (Å²) in [5, 5.41) is 7.50. The van der Waals surface area contributed by atoms with Crippen LogP contribution in [-0.2, 0) is 0 Å². The fraction of sp³-hybridized carbons (Fsp3) is 0. The first-order valence-corrected chi connectivity index (χ1v) is 12.4. The van der Waals surface area contributed by atoms with Crippen molar-refractivity contribution in [1.82, 2.24) is 4.57 Å². The van der Waals surface area contributed by atoms with Gasteiger partial charge in [0.15, 0.2) is 0 Å². The molecule has 6 aromatic carbocycles. The van der Waals surface area contributed by atoms with Gasteiger partial charge in [0.05, 0.1) is 16.4 Å². The molecule has 0 saturated heterocycles. The second-order valence-corrected chi connectivity index (χ2v) is 9.67. The minimum atomic E-state index is 0.926. The highest BCUT2D eigenvalue weighted by molar-refractivity contribution is 6.37. The van der Waals surface area contributed by atoms with Crippen LogP contribution < -0.4 is 0 Å². The molecule has 2 nitrogen and oxygen atoms in total. The van der Waals surface area contributed by atoms with E-state index in [-0.39, 0.29) is 0 Å². The van der Waals surface area contributed by atoms with Crippen LogP contribution in [0.25, 0.3) is 82.5 Å². The van der Waals surface area contributed by atoms with E-state index in [2.05, 4.69) is 120 Å². The lowest BCUT2D eigenvalue weighted by molar-refractivity contribution is 0.670. The van der Waals surface area contributed by atoms with E-state index in [0.717, 1.165) is 22.2 Å². The first kappa shape index (κ1) is 18.5. The van der Waals surface area contributed by atoms with Gasteiger partial charge in [-0.15, -0.1) is 0 Å². The number of nitrogens with zero attached hydrogens (tertiary/aromatic N) is 1. The molecule has 0 amide bonds. The first-order valence-electron chi connectivity index (χ1n) is 12.4. The third-order valence-corrected chi connectivity index (χ3v) is 7.89. The van der Waals surface area contributed by atoms with Gasteiger partial charge in [-0.2, -0.15) is 0 Å². The fourth-order valence-corrected chi connectivity index (χ4v) is 6.55. The number of benzene rings is 6. The second-order valence-electron chi connectivity index (χ2n) is 9.67. The van der Waals surface area contributed by atoms with Gasteiger partial charge in [-0.05, 0) is 46.2 Å². The van der Waals surface area contributed by atoms with Crippen molar-refractivity contribution in [2.45, 2.75) is 0 Å². The van der Waals surface area contributed by atoms with Crippen LogP contribution in [0.2, 0.25) is 0 Å². The van der Waals surface area contributed by atoms with Gasteiger partial charge in [0, 0.05) is 33.0 Å². The van der Waals surface area contributed by atoms with E-state index in [9.17, 15) is 0 Å². The lowest BCUT2D eigenvalue weighted by Gasteiger charge is -2.11. The van der Waals surface area contributed by atoms with E-state index in [4.69, 9.17) is 4.42 Å². The molecule has 9 rings (SSSR count). The van der Waals surface area contributed by atoms with Gasteiger partial charge in [-0.1, -0.05) is 91.0 Å². The first-order chi connectivity index (χ1) is 17.9. The Bertz CT molecular complexity index is 2190. The fourth-order valence-electron chi connectivity index (χ4n) is 6.55. The van der Waals surface area contributed by atoms with E-state index in [1.807, 2.05) is 0 Å². The van der Waals surface area contributed by atoms with E-state index in [0.29, 0.717) is 0 Å². The standard InChI is InChI=1S/C34H19NO/c1-2-12-21(13-3-1)35-26-18-6-4-14-22(26)30-29-24-16-8-10-20-11-9-17-25(28(20)24)31(29)34-32(33(30)35)23-15-5-7-19-27(23)36-34/h1-19H. The van der Waals surface area contributed by atoms with Gasteiger partial charge in [0.2, 0.25) is 0 Å². The third-order valence-electron chi connectivity index (χ3n) is 7.89. The van der Waals surface area contributed by atoms with Crippen LogP contribution in [0.3, 0.4) is 0 Å². The maximum atomic E-state index is 6.74. The van der Waals surface area contributed by atoms with Gasteiger partial charge in [0.1, 0.15) is 11.2 Å². The van der Waals surface area contributed by atoms with E-state index in [1.165, 1.54) is 60.2 Å². The summed E-state index contributed by atoms with van der Waals surface area (Å²) in [6, 6.07) is 41.3. The number of rotatable bonds is 1. The van der Waals surface area contributed by atoms with E-state index >= 15 is 0 Å². The van der Waals surface area contributed by atoms with E-state index < -0.39 is 0 Å². The molecule has 0 unspecified atom stereocenters. The smallest absolute Gasteiger partial charge is 0.146 e. The zero-order valence-corrected chi connectivity index (χ0v) is 19.3. The highest BCUT2D eigenvalue weighted by Crippen LogP contribution is 2.57. The molecule has 0 fully saturated rings. The number of para-hydroxylation sites is 3. The van der Waals surface area contributed by atoms with Crippen molar-refractivity contribution < 1.29 is 4.42 Å². The average Bonchev–Trinajstić information content (AvgIpc) is 3.58. The normalized spacial score (nSPS) is 12.4. The molecular weight excluding hydrogens is 438 g/mol. The Labute approximate surface area is 206 Å². The second kappa shape index (κ2) is 6.44. The third kappa shape index (κ3) is 2.09. The Morgan fingerprint density at radius 3 is 2.03 bits per heavy atom. The number of aromatic nitrogens is 1. The predicted molar refractivity (Wildman–Crippen MR) is 150 cm³/mol. The molecule has 1 aliphatic rings. The Balaban J connectivity index is 1.67. The molecule has 8 aromatic rings. The minimum absolute atomic E-state index is 0.926. The molecule has 0 aliphatic heterocycles. The largest absolute Gasteiger partial charge is 0.455 e. The van der Waals surface area contributed by atoms with E-state index in [1.54, 1.807) is 0 Å². The van der Waals surface area contributed by atoms with Gasteiger partial charge < -0.3 is 8.98 Å². The zero-order chi connectivity index (χ0) is 23.4. The van der Waals surface area contributed by atoms with Crippen LogP contribution in [0.1, 0.15) is 0 Å². The summed E-state index contributed by atoms with van der Waals surface area (Å²) < 4.78 is 9.17. The van der Waals surface area contributed by atoms with Crippen molar-refractivity contribution >= 4 is 54.5 Å². The molecular formula is C34H19NO. The summed E-state index contributed by atoms with van der Waals surface area (Å²) >= 11 is 0. The van der Waals surface area contributed by atoms with Crippen LogP contribution in [0.15, 0.2) is 120 Å². The highest BCUT2D eigenvalue weighted by atomic mass is 16.3. The van der Waals surface area contributed by atoms with Crippen molar-refractivity contribution in [3.8, 4) is 27.9 Å². The molecule has 2 aromatic heterocycles. The summed E-state index contributed by atoms with van der Waals surface area (Å²) in [6.07, 6.45) is 0. The monoisotopic (exact) mass is 457 g/mol. The van der Waals surface area contributed by atoms with Crippen molar-refractivity contribution in [3.05, 3.63) is 115 Å². The maximum absolute atomic E-state index is 6.74. The van der Waals surface area contributed by atoms with Crippen LogP contribution in [0, 0.1) is 0 Å². The van der Waals surface area contributed by atoms with Gasteiger partial charge in [-0.3, -0.25) is 0 Å². The summed E-state index contributed by atoms with van der Waals surface area (Å²) in [5.41, 5.74) is 10.5. The van der Waals surface area contributed by atoms with Crippen LogP contribution in [-0.4, -0.2) is 4.57 Å². The Hall–Kier alpha value is -4.82. The lowest BCUT2D eigenvalue weighted by Crippen LogP contribution is -1.94. The summed E-state index contributed by atoms with van der Waals surface area (Å²) in [4.78, 5) is 0. The van der Waals surface area contributed by atoms with Crippen LogP contribution in [0.4, 0.5) is 0 Å². The van der Waals surface area contributed by atoms with Gasteiger partial charge >= 0.3 is 0 Å². The molecule has 0 radical (unpaired) electrons. The van der Waals surface area contributed by atoms with Crippen molar-refractivity contribution in [2.75, 3.05) is 0 Å². The molecule has 0 N–H and O–H groups in total. The molecule has 0 saturated carbocycles. The van der Waals surface area contributed by atoms with Crippen LogP contribution in [0.5, 0.6) is 0 Å². The SMILES string of the molecule is c1ccc(-n2c3ccccc3c3c4c(c5oc6ccccc6c5c32)-c2cccc3cccc-4c23)cc1. The predicted octanol–water partition coefficient (Wildman–Crippen LogP) is 9.48. The number of fused-ring (bicyclic) bond motifs is 12. The summed E-state index contributed by atoms with van der Waals surface area (Å²) in [5.74, 6) is 0. The molecule has 36 heavy (non-hydrogen) atoms. The maximum Gasteiger partial charge on any atom is 0.146 e. The highest BCUT2D eigenvalue weighted by Gasteiger charge is 2.32. The van der Waals surface area contributed by atoms with Crippen molar-refractivity contribution in [2.24, 2.45) is 0 Å². The molecule has 2 heteroatoms. The zero-order valence-electron chi connectivity index (χ0n) is 19.3. The number of hydrogen-bond acceptors (Lipinski definition) is 1. The van der Waals surface area contributed by atoms with Gasteiger partial charge in [0.25, 0.3) is 0 Å². The molecule has 2 heterocycles. The van der Waals surface area contributed by atoms with Crippen molar-refractivity contribution in [1.29, 1.82) is 0 Å². The molecule has 166 valence electrons. The van der Waals surface area contributed by atoms with Crippen molar-refractivity contribution in [3.63, 3.8) is 0 Å².